The summed E-state index contributed by atoms with van der Waals surface area (Å²) in [5, 5.41) is 3.51. The molecule has 0 aliphatic carbocycles. The summed E-state index contributed by atoms with van der Waals surface area (Å²) < 4.78 is 13.7. The van der Waals surface area contributed by atoms with Crippen LogP contribution in [0.15, 0.2) is 34.9 Å². The van der Waals surface area contributed by atoms with Crippen molar-refractivity contribution in [3.63, 3.8) is 0 Å². The van der Waals surface area contributed by atoms with Crippen molar-refractivity contribution in [1.29, 1.82) is 0 Å². The van der Waals surface area contributed by atoms with Crippen LogP contribution in [0.5, 0.6) is 0 Å². The molecule has 2 aromatic rings. The van der Waals surface area contributed by atoms with Gasteiger partial charge >= 0.3 is 0 Å². The first-order valence-corrected chi connectivity index (χ1v) is 6.53. The van der Waals surface area contributed by atoms with Gasteiger partial charge in [-0.1, -0.05) is 17.7 Å². The molecule has 0 unspecified atom stereocenters. The smallest absolute Gasteiger partial charge is 0.125 e. The fourth-order valence-corrected chi connectivity index (χ4v) is 2.46. The number of halogens is 3. The summed E-state index contributed by atoms with van der Waals surface area (Å²) in [7, 11) is 0. The lowest BCUT2D eigenvalue weighted by Crippen LogP contribution is -2.01. The number of benzene rings is 1. The molecular formula is C13H11BrClFN2. The monoisotopic (exact) mass is 328 g/mol. The van der Waals surface area contributed by atoms with Crippen LogP contribution in [-0.2, 0) is 6.54 Å². The van der Waals surface area contributed by atoms with E-state index in [1.807, 2.05) is 19.1 Å². The Morgan fingerprint density at radius 1 is 1.39 bits per heavy atom. The molecule has 2 nitrogen and oxygen atoms in total. The van der Waals surface area contributed by atoms with Gasteiger partial charge in [0, 0.05) is 22.9 Å². The fourth-order valence-electron chi connectivity index (χ4n) is 1.50. The summed E-state index contributed by atoms with van der Waals surface area (Å²) in [6, 6.07) is 6.59. The molecule has 1 heterocycles. The number of anilines is 1. The number of aryl methyl sites for hydroxylation is 1. The molecule has 0 saturated heterocycles. The molecule has 1 N–H and O–H groups in total. The first kappa shape index (κ1) is 13.3. The molecule has 0 aliphatic rings. The van der Waals surface area contributed by atoms with Crippen molar-refractivity contribution in [2.24, 2.45) is 0 Å². The highest BCUT2D eigenvalue weighted by Crippen LogP contribution is 2.31. The number of hydrogen-bond acceptors (Lipinski definition) is 2. The Balaban J connectivity index is 2.13. The lowest BCUT2D eigenvalue weighted by atomic mass is 10.2. The SMILES string of the molecule is Cc1ccc(CNc2c(Cl)cc(F)cc2Br)cn1. The third-order valence-corrected chi connectivity index (χ3v) is 3.37. The first-order valence-electron chi connectivity index (χ1n) is 5.36. The molecule has 0 aliphatic heterocycles. The zero-order valence-electron chi connectivity index (χ0n) is 9.67. The van der Waals surface area contributed by atoms with Crippen LogP contribution in [0.2, 0.25) is 5.02 Å². The summed E-state index contributed by atoms with van der Waals surface area (Å²) in [5.41, 5.74) is 2.69. The highest BCUT2D eigenvalue weighted by molar-refractivity contribution is 9.10. The van der Waals surface area contributed by atoms with E-state index in [2.05, 4.69) is 26.2 Å². The molecule has 94 valence electrons. The third kappa shape index (κ3) is 3.21. The Hall–Kier alpha value is -1.13. The van der Waals surface area contributed by atoms with E-state index < -0.39 is 0 Å². The quantitative estimate of drug-likeness (QED) is 0.893. The van der Waals surface area contributed by atoms with E-state index >= 15 is 0 Å². The Morgan fingerprint density at radius 3 is 2.78 bits per heavy atom. The molecule has 5 heteroatoms. The lowest BCUT2D eigenvalue weighted by Gasteiger charge is -2.10. The van der Waals surface area contributed by atoms with E-state index in [0.29, 0.717) is 21.7 Å². The van der Waals surface area contributed by atoms with E-state index in [4.69, 9.17) is 11.6 Å². The zero-order valence-corrected chi connectivity index (χ0v) is 12.0. The van der Waals surface area contributed by atoms with E-state index in [9.17, 15) is 4.39 Å². The molecule has 0 amide bonds. The van der Waals surface area contributed by atoms with Crippen molar-refractivity contribution in [3.05, 3.63) is 57.0 Å². The summed E-state index contributed by atoms with van der Waals surface area (Å²) >= 11 is 9.26. The summed E-state index contributed by atoms with van der Waals surface area (Å²) in [6.45, 7) is 2.52. The minimum Gasteiger partial charge on any atom is -0.379 e. The first-order chi connectivity index (χ1) is 8.56. The molecule has 1 aromatic heterocycles. The average Bonchev–Trinajstić information content (AvgIpc) is 2.30. The molecule has 0 fully saturated rings. The van der Waals surface area contributed by atoms with Gasteiger partial charge in [0.15, 0.2) is 0 Å². The summed E-state index contributed by atoms with van der Waals surface area (Å²) in [4.78, 5) is 4.21. The molecule has 0 bridgehead atoms. The maximum absolute atomic E-state index is 13.1. The lowest BCUT2D eigenvalue weighted by molar-refractivity contribution is 0.627. The molecule has 18 heavy (non-hydrogen) atoms. The highest BCUT2D eigenvalue weighted by atomic mass is 79.9. The van der Waals surface area contributed by atoms with Crippen LogP contribution in [0, 0.1) is 12.7 Å². The van der Waals surface area contributed by atoms with Crippen LogP contribution in [0.1, 0.15) is 11.3 Å². The van der Waals surface area contributed by atoms with Gasteiger partial charge in [0.25, 0.3) is 0 Å². The van der Waals surface area contributed by atoms with Crippen LogP contribution < -0.4 is 5.32 Å². The predicted octanol–water partition coefficient (Wildman–Crippen LogP) is 4.56. The van der Waals surface area contributed by atoms with Crippen molar-refractivity contribution in [2.75, 3.05) is 5.32 Å². The van der Waals surface area contributed by atoms with Gasteiger partial charge in [0.1, 0.15) is 5.82 Å². The molecule has 0 saturated carbocycles. The maximum atomic E-state index is 13.1. The van der Waals surface area contributed by atoms with Crippen LogP contribution >= 0.6 is 27.5 Å². The van der Waals surface area contributed by atoms with Gasteiger partial charge in [0.05, 0.1) is 10.7 Å². The highest BCUT2D eigenvalue weighted by Gasteiger charge is 2.07. The molecular weight excluding hydrogens is 319 g/mol. The molecule has 2 rings (SSSR count). The van der Waals surface area contributed by atoms with Gasteiger partial charge < -0.3 is 5.32 Å². The fraction of sp³-hybridized carbons (Fsp3) is 0.154. The second kappa shape index (κ2) is 5.67. The minimum absolute atomic E-state index is 0.349. The minimum atomic E-state index is -0.366. The second-order valence-electron chi connectivity index (χ2n) is 3.91. The van der Waals surface area contributed by atoms with Crippen LogP contribution in [0.25, 0.3) is 0 Å². The van der Waals surface area contributed by atoms with E-state index in [1.165, 1.54) is 12.1 Å². The van der Waals surface area contributed by atoms with Crippen LogP contribution in [-0.4, -0.2) is 4.98 Å². The predicted molar refractivity (Wildman–Crippen MR) is 75.4 cm³/mol. The molecule has 1 aromatic carbocycles. The Kier molecular flexibility index (Phi) is 4.19. The van der Waals surface area contributed by atoms with Crippen molar-refractivity contribution in [2.45, 2.75) is 13.5 Å². The molecule has 0 spiro atoms. The topological polar surface area (TPSA) is 24.9 Å². The normalized spacial score (nSPS) is 10.4. The number of nitrogens with one attached hydrogen (secondary N) is 1. The van der Waals surface area contributed by atoms with Crippen molar-refractivity contribution in [3.8, 4) is 0 Å². The second-order valence-corrected chi connectivity index (χ2v) is 5.17. The zero-order chi connectivity index (χ0) is 13.1. The average molecular weight is 330 g/mol. The van der Waals surface area contributed by atoms with E-state index in [1.54, 1.807) is 6.20 Å². The Morgan fingerprint density at radius 2 is 2.17 bits per heavy atom. The summed E-state index contributed by atoms with van der Waals surface area (Å²) in [6.07, 6.45) is 1.80. The Labute approximate surface area is 118 Å². The van der Waals surface area contributed by atoms with Crippen molar-refractivity contribution < 1.29 is 4.39 Å². The van der Waals surface area contributed by atoms with E-state index in [-0.39, 0.29) is 5.82 Å². The van der Waals surface area contributed by atoms with Crippen molar-refractivity contribution >= 4 is 33.2 Å². The Bertz CT molecular complexity index is 534. The van der Waals surface area contributed by atoms with Gasteiger partial charge in [-0.15, -0.1) is 0 Å². The largest absolute Gasteiger partial charge is 0.379 e. The number of rotatable bonds is 3. The maximum Gasteiger partial charge on any atom is 0.125 e. The van der Waals surface area contributed by atoms with E-state index in [0.717, 1.165) is 11.3 Å². The van der Waals surface area contributed by atoms with Gasteiger partial charge in [-0.25, -0.2) is 4.39 Å². The number of pyridine rings is 1. The van der Waals surface area contributed by atoms with Gasteiger partial charge in [-0.05, 0) is 46.6 Å². The van der Waals surface area contributed by atoms with Gasteiger partial charge in [-0.3, -0.25) is 4.98 Å². The standard InChI is InChI=1S/C13H11BrClFN2/c1-8-2-3-9(6-17-8)7-18-13-11(14)4-10(16)5-12(13)15/h2-6,18H,7H2,1H3. The van der Waals surface area contributed by atoms with Crippen molar-refractivity contribution in [1.82, 2.24) is 4.98 Å². The molecule has 0 atom stereocenters. The number of hydrogen-bond donors (Lipinski definition) is 1. The third-order valence-electron chi connectivity index (χ3n) is 2.45. The van der Waals surface area contributed by atoms with Gasteiger partial charge in [0.2, 0.25) is 0 Å². The number of aromatic nitrogens is 1. The number of nitrogens with zero attached hydrogens (tertiary/aromatic N) is 1. The van der Waals surface area contributed by atoms with Gasteiger partial charge in [-0.2, -0.15) is 0 Å². The van der Waals surface area contributed by atoms with Crippen LogP contribution in [0.3, 0.4) is 0 Å². The molecule has 0 radical (unpaired) electrons. The summed E-state index contributed by atoms with van der Waals surface area (Å²) in [5.74, 6) is -0.366. The van der Waals surface area contributed by atoms with Crippen LogP contribution in [0.4, 0.5) is 10.1 Å².